The zero-order valence-electron chi connectivity index (χ0n) is 9.85. The predicted molar refractivity (Wildman–Crippen MR) is 70.2 cm³/mol. The minimum atomic E-state index is -0.257. The Morgan fingerprint density at radius 3 is 2.94 bits per heavy atom. The second kappa shape index (κ2) is 5.10. The molecule has 1 heterocycles. The van der Waals surface area contributed by atoms with Gasteiger partial charge in [0.05, 0.1) is 11.9 Å². The molecule has 0 spiro atoms. The number of amides is 1. The molecule has 0 unspecified atom stereocenters. The molecule has 0 fully saturated rings. The summed E-state index contributed by atoms with van der Waals surface area (Å²) in [6.45, 7) is 0.393. The largest absolute Gasteiger partial charge is 0.396 e. The van der Waals surface area contributed by atoms with Gasteiger partial charge in [0.2, 0.25) is 0 Å². The van der Waals surface area contributed by atoms with Gasteiger partial charge in [0, 0.05) is 18.6 Å². The van der Waals surface area contributed by atoms with Crippen LogP contribution < -0.4 is 11.1 Å². The van der Waals surface area contributed by atoms with Crippen molar-refractivity contribution in [1.29, 1.82) is 0 Å². The van der Waals surface area contributed by atoms with Gasteiger partial charge in [-0.15, -0.1) is 0 Å². The zero-order chi connectivity index (χ0) is 13.1. The van der Waals surface area contributed by atoms with Crippen molar-refractivity contribution in [2.24, 2.45) is 7.05 Å². The second-order valence-electron chi connectivity index (χ2n) is 3.88. The lowest BCUT2D eigenvalue weighted by Crippen LogP contribution is -2.26. The molecule has 0 aliphatic carbocycles. The highest BCUT2D eigenvalue weighted by Gasteiger charge is 2.14. The quantitative estimate of drug-likeness (QED) is 0.884. The fraction of sp³-hybridized carbons (Fsp3) is 0.167. The monoisotopic (exact) mass is 264 g/mol. The average Bonchev–Trinajstić information content (AvgIpc) is 2.66. The number of benzene rings is 1. The summed E-state index contributed by atoms with van der Waals surface area (Å²) >= 11 is 5.86. The number of rotatable bonds is 3. The number of anilines is 1. The SMILES string of the molecule is Cn1ncc(N)c1C(=O)NCc1cccc(Cl)c1. The Hall–Kier alpha value is -2.01. The van der Waals surface area contributed by atoms with Gasteiger partial charge in [-0.3, -0.25) is 9.48 Å². The number of nitrogens with two attached hydrogens (primary N) is 1. The van der Waals surface area contributed by atoms with E-state index in [2.05, 4.69) is 10.4 Å². The average molecular weight is 265 g/mol. The van der Waals surface area contributed by atoms with Crippen LogP contribution >= 0.6 is 11.6 Å². The van der Waals surface area contributed by atoms with Crippen molar-refractivity contribution >= 4 is 23.2 Å². The van der Waals surface area contributed by atoms with Gasteiger partial charge >= 0.3 is 0 Å². The fourth-order valence-corrected chi connectivity index (χ4v) is 1.86. The summed E-state index contributed by atoms with van der Waals surface area (Å²) in [5.41, 5.74) is 7.32. The third kappa shape index (κ3) is 2.62. The van der Waals surface area contributed by atoms with Gasteiger partial charge < -0.3 is 11.1 Å². The standard InChI is InChI=1S/C12H13ClN4O/c1-17-11(10(14)7-16-17)12(18)15-6-8-3-2-4-9(13)5-8/h2-5,7H,6,14H2,1H3,(H,15,18). The normalized spacial score (nSPS) is 10.3. The summed E-state index contributed by atoms with van der Waals surface area (Å²) < 4.78 is 1.45. The molecule has 0 aliphatic heterocycles. The molecule has 18 heavy (non-hydrogen) atoms. The number of hydrogen-bond acceptors (Lipinski definition) is 3. The predicted octanol–water partition coefficient (Wildman–Crippen LogP) is 1.59. The third-order valence-corrected chi connectivity index (χ3v) is 2.76. The zero-order valence-corrected chi connectivity index (χ0v) is 10.6. The van der Waals surface area contributed by atoms with E-state index in [0.717, 1.165) is 5.56 Å². The first-order valence-electron chi connectivity index (χ1n) is 5.38. The van der Waals surface area contributed by atoms with E-state index in [9.17, 15) is 4.79 Å². The van der Waals surface area contributed by atoms with E-state index in [0.29, 0.717) is 22.9 Å². The lowest BCUT2D eigenvalue weighted by molar-refractivity contribution is 0.0942. The molecule has 0 bridgehead atoms. The number of aromatic nitrogens is 2. The Kier molecular flexibility index (Phi) is 3.53. The van der Waals surface area contributed by atoms with Gasteiger partial charge in [0.1, 0.15) is 5.69 Å². The van der Waals surface area contributed by atoms with Crippen LogP contribution in [-0.4, -0.2) is 15.7 Å². The van der Waals surface area contributed by atoms with Crippen molar-refractivity contribution < 1.29 is 4.79 Å². The molecule has 0 radical (unpaired) electrons. The van der Waals surface area contributed by atoms with Crippen LogP contribution in [0.3, 0.4) is 0 Å². The van der Waals surface area contributed by atoms with E-state index >= 15 is 0 Å². The summed E-state index contributed by atoms with van der Waals surface area (Å²) in [4.78, 5) is 11.9. The molecule has 0 atom stereocenters. The first-order chi connectivity index (χ1) is 8.58. The molecular weight excluding hydrogens is 252 g/mol. The minimum Gasteiger partial charge on any atom is -0.396 e. The molecule has 2 aromatic rings. The number of nitrogen functional groups attached to an aromatic ring is 1. The maximum Gasteiger partial charge on any atom is 0.271 e. The highest BCUT2D eigenvalue weighted by atomic mass is 35.5. The summed E-state index contributed by atoms with van der Waals surface area (Å²) in [6.07, 6.45) is 1.45. The first-order valence-corrected chi connectivity index (χ1v) is 5.76. The summed E-state index contributed by atoms with van der Waals surface area (Å²) in [7, 11) is 1.67. The molecule has 6 heteroatoms. The third-order valence-electron chi connectivity index (χ3n) is 2.52. The number of hydrogen-bond donors (Lipinski definition) is 2. The van der Waals surface area contributed by atoms with Crippen molar-refractivity contribution in [3.8, 4) is 0 Å². The Balaban J connectivity index is 2.05. The van der Waals surface area contributed by atoms with Crippen LogP contribution in [0.1, 0.15) is 16.1 Å². The van der Waals surface area contributed by atoms with E-state index < -0.39 is 0 Å². The smallest absolute Gasteiger partial charge is 0.271 e. The molecule has 5 nitrogen and oxygen atoms in total. The number of aryl methyl sites for hydroxylation is 1. The number of carbonyl (C=O) groups is 1. The highest BCUT2D eigenvalue weighted by molar-refractivity contribution is 6.30. The first kappa shape index (κ1) is 12.4. The number of nitrogens with zero attached hydrogens (tertiary/aromatic N) is 2. The topological polar surface area (TPSA) is 72.9 Å². The molecule has 0 saturated carbocycles. The Morgan fingerprint density at radius 1 is 1.56 bits per heavy atom. The second-order valence-corrected chi connectivity index (χ2v) is 4.32. The molecule has 0 aliphatic rings. The molecule has 0 saturated heterocycles. The summed E-state index contributed by atoms with van der Waals surface area (Å²) in [6, 6.07) is 7.31. The van der Waals surface area contributed by atoms with Crippen LogP contribution in [0.2, 0.25) is 5.02 Å². The van der Waals surface area contributed by atoms with Crippen LogP contribution in [0.5, 0.6) is 0 Å². The van der Waals surface area contributed by atoms with Gasteiger partial charge in [0.15, 0.2) is 0 Å². The summed E-state index contributed by atoms with van der Waals surface area (Å²) in [5.74, 6) is -0.257. The van der Waals surface area contributed by atoms with Crippen LogP contribution in [0, 0.1) is 0 Å². The fourth-order valence-electron chi connectivity index (χ4n) is 1.65. The maximum atomic E-state index is 11.9. The summed E-state index contributed by atoms with van der Waals surface area (Å²) in [5, 5.41) is 7.33. The van der Waals surface area contributed by atoms with E-state index in [-0.39, 0.29) is 5.91 Å². The molecule has 1 aromatic carbocycles. The van der Waals surface area contributed by atoms with E-state index in [1.807, 2.05) is 12.1 Å². The van der Waals surface area contributed by atoms with Gasteiger partial charge in [-0.05, 0) is 17.7 Å². The van der Waals surface area contributed by atoms with Crippen molar-refractivity contribution in [2.75, 3.05) is 5.73 Å². The van der Waals surface area contributed by atoms with Crippen molar-refractivity contribution in [3.05, 3.63) is 46.7 Å². The van der Waals surface area contributed by atoms with Gasteiger partial charge in [-0.25, -0.2) is 0 Å². The van der Waals surface area contributed by atoms with Crippen molar-refractivity contribution in [3.63, 3.8) is 0 Å². The van der Waals surface area contributed by atoms with Crippen LogP contribution in [0.4, 0.5) is 5.69 Å². The van der Waals surface area contributed by atoms with Crippen molar-refractivity contribution in [1.82, 2.24) is 15.1 Å². The van der Waals surface area contributed by atoms with Crippen LogP contribution in [0.15, 0.2) is 30.5 Å². The maximum absolute atomic E-state index is 11.9. The van der Waals surface area contributed by atoms with Gasteiger partial charge in [-0.1, -0.05) is 23.7 Å². The Bertz CT molecular complexity index is 560. The number of carbonyl (C=O) groups excluding carboxylic acids is 1. The minimum absolute atomic E-state index is 0.257. The molecule has 1 aromatic heterocycles. The Labute approximate surface area is 110 Å². The molecule has 94 valence electrons. The van der Waals surface area contributed by atoms with Crippen LogP contribution in [0.25, 0.3) is 0 Å². The molecule has 3 N–H and O–H groups in total. The van der Waals surface area contributed by atoms with E-state index in [4.69, 9.17) is 17.3 Å². The highest BCUT2D eigenvalue weighted by Crippen LogP contribution is 2.12. The van der Waals surface area contributed by atoms with Gasteiger partial charge in [-0.2, -0.15) is 5.10 Å². The Morgan fingerprint density at radius 2 is 2.33 bits per heavy atom. The van der Waals surface area contributed by atoms with Crippen molar-refractivity contribution in [2.45, 2.75) is 6.54 Å². The van der Waals surface area contributed by atoms with Crippen LogP contribution in [-0.2, 0) is 13.6 Å². The number of nitrogens with one attached hydrogen (secondary N) is 1. The molecule has 1 amide bonds. The number of halogens is 1. The lowest BCUT2D eigenvalue weighted by Gasteiger charge is -2.06. The van der Waals surface area contributed by atoms with E-state index in [1.165, 1.54) is 10.9 Å². The van der Waals surface area contributed by atoms with Gasteiger partial charge in [0.25, 0.3) is 5.91 Å². The van der Waals surface area contributed by atoms with E-state index in [1.54, 1.807) is 19.2 Å². The molecular formula is C12H13ClN4O. The lowest BCUT2D eigenvalue weighted by atomic mass is 10.2. The molecule has 2 rings (SSSR count).